The summed E-state index contributed by atoms with van der Waals surface area (Å²) in [5.41, 5.74) is 2.46. The number of thiazole rings is 1. The average Bonchev–Trinajstić information content (AvgIpc) is 2.97. The van der Waals surface area contributed by atoms with Crippen LogP contribution in [0.4, 0.5) is 10.1 Å². The van der Waals surface area contributed by atoms with Crippen molar-refractivity contribution in [3.8, 4) is 0 Å². The highest BCUT2D eigenvalue weighted by molar-refractivity contribution is 7.13. The molecule has 0 saturated heterocycles. The van der Waals surface area contributed by atoms with Gasteiger partial charge in [-0.05, 0) is 55.3 Å². The van der Waals surface area contributed by atoms with Crippen LogP contribution in [0.1, 0.15) is 25.9 Å². The Labute approximate surface area is 143 Å². The van der Waals surface area contributed by atoms with Crippen LogP contribution in [0.3, 0.4) is 0 Å². The van der Waals surface area contributed by atoms with E-state index in [9.17, 15) is 9.18 Å². The van der Waals surface area contributed by atoms with Crippen LogP contribution in [0.5, 0.6) is 0 Å². The Hall–Kier alpha value is -2.60. The van der Waals surface area contributed by atoms with Crippen LogP contribution in [0, 0.1) is 12.7 Å². The molecule has 0 aliphatic heterocycles. The number of benzene rings is 1. The Kier molecular flexibility index (Phi) is 4.96. The zero-order chi connectivity index (χ0) is 16.9. The molecule has 1 amide bonds. The standard InChI is InChI=1S/C18H16FN3OS/c1-12-17(18(23)22-15-5-3-14(19)4-6-15)24-16(21-12)7-2-13-8-10-20-11-9-13/h3-6,8-11H,2,7H2,1H3,(H,22,23). The molecule has 0 saturated carbocycles. The van der Waals surface area contributed by atoms with Crippen LogP contribution in [0.2, 0.25) is 0 Å². The highest BCUT2D eigenvalue weighted by Gasteiger charge is 2.15. The summed E-state index contributed by atoms with van der Waals surface area (Å²) in [4.78, 5) is 21.4. The second-order valence-electron chi connectivity index (χ2n) is 5.34. The SMILES string of the molecule is Cc1nc(CCc2ccncc2)sc1C(=O)Nc1ccc(F)cc1. The van der Waals surface area contributed by atoms with Gasteiger partial charge in [-0.2, -0.15) is 0 Å². The summed E-state index contributed by atoms with van der Waals surface area (Å²) in [6.07, 6.45) is 5.17. The second kappa shape index (κ2) is 7.31. The van der Waals surface area contributed by atoms with Gasteiger partial charge < -0.3 is 5.32 Å². The molecule has 0 radical (unpaired) electrons. The third-order valence-corrected chi connectivity index (χ3v) is 4.74. The number of pyridine rings is 1. The van der Waals surface area contributed by atoms with E-state index in [1.165, 1.54) is 41.2 Å². The van der Waals surface area contributed by atoms with Crippen molar-refractivity contribution < 1.29 is 9.18 Å². The normalized spacial score (nSPS) is 10.6. The summed E-state index contributed by atoms with van der Waals surface area (Å²) in [5.74, 6) is -0.549. The number of carbonyl (C=O) groups is 1. The van der Waals surface area contributed by atoms with Gasteiger partial charge in [-0.3, -0.25) is 9.78 Å². The van der Waals surface area contributed by atoms with Crippen LogP contribution in [-0.2, 0) is 12.8 Å². The van der Waals surface area contributed by atoms with Crippen molar-refractivity contribution in [2.75, 3.05) is 5.32 Å². The summed E-state index contributed by atoms with van der Waals surface area (Å²) < 4.78 is 12.9. The average molecular weight is 341 g/mol. The van der Waals surface area contributed by atoms with Crippen molar-refractivity contribution >= 4 is 22.9 Å². The number of aryl methyl sites for hydroxylation is 3. The molecule has 0 aliphatic rings. The number of rotatable bonds is 5. The van der Waals surface area contributed by atoms with Crippen molar-refractivity contribution in [1.82, 2.24) is 9.97 Å². The first-order chi connectivity index (χ1) is 11.6. The lowest BCUT2D eigenvalue weighted by atomic mass is 10.1. The quantitative estimate of drug-likeness (QED) is 0.762. The second-order valence-corrected chi connectivity index (χ2v) is 6.42. The van der Waals surface area contributed by atoms with E-state index in [4.69, 9.17) is 0 Å². The van der Waals surface area contributed by atoms with Gasteiger partial charge in [-0.1, -0.05) is 0 Å². The predicted molar refractivity (Wildman–Crippen MR) is 92.8 cm³/mol. The third kappa shape index (κ3) is 4.02. The molecule has 24 heavy (non-hydrogen) atoms. The number of nitrogens with zero attached hydrogens (tertiary/aromatic N) is 2. The minimum absolute atomic E-state index is 0.216. The summed E-state index contributed by atoms with van der Waals surface area (Å²) >= 11 is 1.40. The van der Waals surface area contributed by atoms with Gasteiger partial charge in [0.1, 0.15) is 10.7 Å². The van der Waals surface area contributed by atoms with Crippen LogP contribution >= 0.6 is 11.3 Å². The van der Waals surface area contributed by atoms with Gasteiger partial charge >= 0.3 is 0 Å². The molecule has 1 aromatic carbocycles. The first kappa shape index (κ1) is 16.3. The monoisotopic (exact) mass is 341 g/mol. The lowest BCUT2D eigenvalue weighted by Gasteiger charge is -2.03. The Bertz CT molecular complexity index is 831. The molecule has 3 aromatic rings. The summed E-state index contributed by atoms with van der Waals surface area (Å²) in [6, 6.07) is 9.65. The molecule has 0 fully saturated rings. The zero-order valence-electron chi connectivity index (χ0n) is 13.1. The van der Waals surface area contributed by atoms with Gasteiger partial charge in [-0.15, -0.1) is 11.3 Å². The van der Waals surface area contributed by atoms with E-state index in [0.29, 0.717) is 16.3 Å². The molecule has 4 nitrogen and oxygen atoms in total. The van der Waals surface area contributed by atoms with Gasteiger partial charge in [0.2, 0.25) is 0 Å². The molecule has 2 aromatic heterocycles. The lowest BCUT2D eigenvalue weighted by Crippen LogP contribution is -2.11. The molecule has 0 atom stereocenters. The molecule has 0 aliphatic carbocycles. The maximum Gasteiger partial charge on any atom is 0.267 e. The minimum atomic E-state index is -0.333. The highest BCUT2D eigenvalue weighted by Crippen LogP contribution is 2.21. The number of carbonyl (C=O) groups excluding carboxylic acids is 1. The van der Waals surface area contributed by atoms with Gasteiger partial charge in [0.25, 0.3) is 5.91 Å². The minimum Gasteiger partial charge on any atom is -0.321 e. The number of nitrogens with one attached hydrogen (secondary N) is 1. The molecule has 2 heterocycles. The number of hydrogen-bond donors (Lipinski definition) is 1. The Morgan fingerprint density at radius 2 is 1.83 bits per heavy atom. The number of hydrogen-bond acceptors (Lipinski definition) is 4. The molecular weight excluding hydrogens is 325 g/mol. The van der Waals surface area contributed by atoms with Crippen molar-refractivity contribution in [2.45, 2.75) is 19.8 Å². The fourth-order valence-electron chi connectivity index (χ4n) is 2.29. The lowest BCUT2D eigenvalue weighted by molar-refractivity contribution is 0.103. The van der Waals surface area contributed by atoms with E-state index in [2.05, 4.69) is 15.3 Å². The predicted octanol–water partition coefficient (Wildman–Crippen LogP) is 4.02. The van der Waals surface area contributed by atoms with E-state index in [1.54, 1.807) is 12.4 Å². The maximum absolute atomic E-state index is 12.9. The summed E-state index contributed by atoms with van der Waals surface area (Å²) in [5, 5.41) is 3.69. The topological polar surface area (TPSA) is 54.9 Å². The largest absolute Gasteiger partial charge is 0.321 e. The van der Waals surface area contributed by atoms with Crippen LogP contribution in [0.25, 0.3) is 0 Å². The van der Waals surface area contributed by atoms with Crippen LogP contribution < -0.4 is 5.32 Å². The van der Waals surface area contributed by atoms with Gasteiger partial charge in [0.15, 0.2) is 0 Å². The Morgan fingerprint density at radius 3 is 2.54 bits per heavy atom. The van der Waals surface area contributed by atoms with Crippen molar-refractivity contribution in [3.05, 3.63) is 75.8 Å². The van der Waals surface area contributed by atoms with E-state index in [0.717, 1.165) is 17.8 Å². The molecule has 3 rings (SSSR count). The number of anilines is 1. The molecule has 0 unspecified atom stereocenters. The van der Waals surface area contributed by atoms with Gasteiger partial charge in [0.05, 0.1) is 10.7 Å². The van der Waals surface area contributed by atoms with E-state index in [1.807, 2.05) is 19.1 Å². The fraction of sp³-hybridized carbons (Fsp3) is 0.167. The Balaban J connectivity index is 1.66. The number of amides is 1. The molecule has 6 heteroatoms. The fourth-order valence-corrected chi connectivity index (χ4v) is 3.25. The smallest absolute Gasteiger partial charge is 0.267 e. The van der Waals surface area contributed by atoms with Crippen molar-refractivity contribution in [3.63, 3.8) is 0 Å². The first-order valence-corrected chi connectivity index (χ1v) is 8.35. The van der Waals surface area contributed by atoms with Crippen LogP contribution in [-0.4, -0.2) is 15.9 Å². The Morgan fingerprint density at radius 1 is 1.12 bits per heavy atom. The molecular formula is C18H16FN3OS. The van der Waals surface area contributed by atoms with Crippen LogP contribution in [0.15, 0.2) is 48.8 Å². The van der Waals surface area contributed by atoms with Gasteiger partial charge in [-0.25, -0.2) is 9.37 Å². The number of aromatic nitrogens is 2. The molecule has 0 spiro atoms. The molecule has 1 N–H and O–H groups in total. The van der Waals surface area contributed by atoms with E-state index >= 15 is 0 Å². The third-order valence-electron chi connectivity index (χ3n) is 3.53. The van der Waals surface area contributed by atoms with E-state index in [-0.39, 0.29) is 11.7 Å². The molecule has 122 valence electrons. The summed E-state index contributed by atoms with van der Waals surface area (Å²) in [6.45, 7) is 1.83. The van der Waals surface area contributed by atoms with Crippen molar-refractivity contribution in [2.24, 2.45) is 0 Å². The molecule has 0 bridgehead atoms. The highest BCUT2D eigenvalue weighted by atomic mass is 32.1. The van der Waals surface area contributed by atoms with Crippen molar-refractivity contribution in [1.29, 1.82) is 0 Å². The van der Waals surface area contributed by atoms with E-state index < -0.39 is 0 Å². The zero-order valence-corrected chi connectivity index (χ0v) is 13.9. The first-order valence-electron chi connectivity index (χ1n) is 7.54. The van der Waals surface area contributed by atoms with Gasteiger partial charge in [0, 0.05) is 24.5 Å². The summed E-state index contributed by atoms with van der Waals surface area (Å²) in [7, 11) is 0. The number of halogens is 1. The maximum atomic E-state index is 12.9.